The van der Waals surface area contributed by atoms with E-state index < -0.39 is 0 Å². The molecule has 0 fully saturated rings. The molecule has 138 valence electrons. The average molecular weight is 382 g/mol. The third-order valence-corrected chi connectivity index (χ3v) is 4.49. The Hall–Kier alpha value is -2.92. The molecule has 1 atom stereocenters. The number of hydrogen-bond acceptors (Lipinski definition) is 3. The molecule has 5 nitrogen and oxygen atoms in total. The Balaban J connectivity index is 1.65. The van der Waals surface area contributed by atoms with Crippen LogP contribution in [0.4, 0.5) is 0 Å². The predicted octanol–water partition coefficient (Wildman–Crippen LogP) is 3.83. The van der Waals surface area contributed by atoms with Crippen LogP contribution in [0.2, 0.25) is 5.02 Å². The number of aromatic nitrogens is 2. The molecular weight excluding hydrogens is 362 g/mol. The lowest BCUT2D eigenvalue weighted by Crippen LogP contribution is -2.30. The van der Waals surface area contributed by atoms with Crippen molar-refractivity contribution in [3.63, 3.8) is 0 Å². The van der Waals surface area contributed by atoms with E-state index in [1.165, 1.54) is 10.7 Å². The van der Waals surface area contributed by atoms with Crippen LogP contribution in [0.5, 0.6) is 0 Å². The fourth-order valence-electron chi connectivity index (χ4n) is 2.73. The van der Waals surface area contributed by atoms with Gasteiger partial charge in [0.2, 0.25) is 5.91 Å². The van der Waals surface area contributed by atoms with Gasteiger partial charge in [0.05, 0.1) is 18.3 Å². The second kappa shape index (κ2) is 8.64. The highest BCUT2D eigenvalue weighted by Gasteiger charge is 2.10. The molecule has 1 aromatic heterocycles. The van der Waals surface area contributed by atoms with Crippen molar-refractivity contribution in [2.45, 2.75) is 25.9 Å². The molecule has 0 aliphatic rings. The van der Waals surface area contributed by atoms with E-state index in [0.717, 1.165) is 11.1 Å². The first-order valence-electron chi connectivity index (χ1n) is 8.71. The highest BCUT2D eigenvalue weighted by molar-refractivity contribution is 6.30. The van der Waals surface area contributed by atoms with Crippen LogP contribution in [0.1, 0.15) is 24.9 Å². The molecule has 1 N–H and O–H groups in total. The van der Waals surface area contributed by atoms with Gasteiger partial charge in [0, 0.05) is 23.1 Å². The van der Waals surface area contributed by atoms with Crippen LogP contribution < -0.4 is 10.9 Å². The minimum Gasteiger partial charge on any atom is -0.350 e. The minimum absolute atomic E-state index is 0.0937. The van der Waals surface area contributed by atoms with Gasteiger partial charge in [-0.15, -0.1) is 0 Å². The first kappa shape index (κ1) is 18.9. The van der Waals surface area contributed by atoms with Crippen LogP contribution in [0.25, 0.3) is 11.3 Å². The Morgan fingerprint density at radius 2 is 1.78 bits per heavy atom. The lowest BCUT2D eigenvalue weighted by Gasteiger charge is -2.14. The van der Waals surface area contributed by atoms with Crippen molar-refractivity contribution in [1.29, 1.82) is 0 Å². The number of nitrogens with one attached hydrogen (secondary N) is 1. The summed E-state index contributed by atoms with van der Waals surface area (Å²) in [6.07, 6.45) is 0.175. The zero-order chi connectivity index (χ0) is 19.2. The monoisotopic (exact) mass is 381 g/mol. The Bertz CT molecular complexity index is 969. The number of hydrogen-bond donors (Lipinski definition) is 1. The number of amides is 1. The van der Waals surface area contributed by atoms with Crippen molar-refractivity contribution < 1.29 is 4.79 Å². The van der Waals surface area contributed by atoms with Crippen LogP contribution in [-0.4, -0.2) is 15.7 Å². The molecule has 0 saturated carbocycles. The molecule has 0 aliphatic carbocycles. The molecule has 0 saturated heterocycles. The summed E-state index contributed by atoms with van der Waals surface area (Å²) in [6, 6.07) is 20.0. The molecule has 1 amide bonds. The fraction of sp³-hybridized carbons (Fsp3) is 0.190. The molecule has 0 radical (unpaired) electrons. The molecule has 1 heterocycles. The number of carbonyl (C=O) groups excluding carboxylic acids is 1. The van der Waals surface area contributed by atoms with Gasteiger partial charge in [0.1, 0.15) is 0 Å². The maximum absolute atomic E-state index is 12.2. The number of aryl methyl sites for hydroxylation is 1. The van der Waals surface area contributed by atoms with Crippen LogP contribution in [-0.2, 0) is 11.3 Å². The molecular formula is C21H20ClN3O2. The van der Waals surface area contributed by atoms with E-state index in [1.54, 1.807) is 18.2 Å². The third kappa shape index (κ3) is 5.05. The average Bonchev–Trinajstić information content (AvgIpc) is 2.68. The number of halogens is 1. The first-order chi connectivity index (χ1) is 13.0. The van der Waals surface area contributed by atoms with Crippen LogP contribution >= 0.6 is 11.6 Å². The van der Waals surface area contributed by atoms with E-state index in [2.05, 4.69) is 10.4 Å². The van der Waals surface area contributed by atoms with Crippen LogP contribution in [0.3, 0.4) is 0 Å². The molecule has 3 rings (SSSR count). The van der Waals surface area contributed by atoms with E-state index in [0.29, 0.717) is 10.7 Å². The van der Waals surface area contributed by atoms with Gasteiger partial charge in [-0.2, -0.15) is 5.10 Å². The number of carbonyl (C=O) groups is 1. The third-order valence-electron chi connectivity index (χ3n) is 4.23. The SMILES string of the molecule is C[C@H](NC(=O)CCn1nc(-c2ccc(Cl)cc2)ccc1=O)c1ccccc1. The molecule has 27 heavy (non-hydrogen) atoms. The van der Waals surface area contributed by atoms with Gasteiger partial charge >= 0.3 is 0 Å². The lowest BCUT2D eigenvalue weighted by molar-refractivity contribution is -0.122. The summed E-state index contributed by atoms with van der Waals surface area (Å²) in [5, 5.41) is 7.94. The zero-order valence-corrected chi connectivity index (χ0v) is 15.7. The Morgan fingerprint density at radius 1 is 1.07 bits per heavy atom. The maximum Gasteiger partial charge on any atom is 0.266 e. The second-order valence-electron chi connectivity index (χ2n) is 6.24. The lowest BCUT2D eigenvalue weighted by atomic mass is 10.1. The Labute approximate surface area is 162 Å². The van der Waals surface area contributed by atoms with E-state index in [4.69, 9.17) is 11.6 Å². The first-order valence-corrected chi connectivity index (χ1v) is 9.09. The molecule has 2 aromatic carbocycles. The van der Waals surface area contributed by atoms with Crippen molar-refractivity contribution in [2.75, 3.05) is 0 Å². The topological polar surface area (TPSA) is 64.0 Å². The zero-order valence-electron chi connectivity index (χ0n) is 14.9. The van der Waals surface area contributed by atoms with Crippen molar-refractivity contribution in [3.05, 3.63) is 87.7 Å². The maximum atomic E-state index is 12.2. The molecule has 0 spiro atoms. The smallest absolute Gasteiger partial charge is 0.266 e. The van der Waals surface area contributed by atoms with Gasteiger partial charge in [0.25, 0.3) is 5.56 Å². The summed E-state index contributed by atoms with van der Waals surface area (Å²) >= 11 is 5.91. The van der Waals surface area contributed by atoms with Gasteiger partial charge in [-0.05, 0) is 30.7 Å². The van der Waals surface area contributed by atoms with E-state index in [9.17, 15) is 9.59 Å². The van der Waals surface area contributed by atoms with Crippen LogP contribution in [0, 0.1) is 0 Å². The summed E-state index contributed by atoms with van der Waals surface area (Å²) in [5.74, 6) is -0.128. The largest absolute Gasteiger partial charge is 0.350 e. The highest BCUT2D eigenvalue weighted by atomic mass is 35.5. The quantitative estimate of drug-likeness (QED) is 0.705. The summed E-state index contributed by atoms with van der Waals surface area (Å²) < 4.78 is 1.32. The highest BCUT2D eigenvalue weighted by Crippen LogP contribution is 2.18. The summed E-state index contributed by atoms with van der Waals surface area (Å²) in [7, 11) is 0. The number of rotatable bonds is 6. The normalized spacial score (nSPS) is 11.8. The summed E-state index contributed by atoms with van der Waals surface area (Å²) in [5.41, 5.74) is 2.31. The van der Waals surface area contributed by atoms with Gasteiger partial charge < -0.3 is 5.32 Å². The van der Waals surface area contributed by atoms with Crippen LogP contribution in [0.15, 0.2) is 71.5 Å². The van der Waals surface area contributed by atoms with Gasteiger partial charge in [-0.1, -0.05) is 54.1 Å². The van der Waals surface area contributed by atoms with E-state index >= 15 is 0 Å². The Kier molecular flexibility index (Phi) is 6.04. The molecule has 6 heteroatoms. The number of nitrogens with zero attached hydrogens (tertiary/aromatic N) is 2. The van der Waals surface area contributed by atoms with Crippen molar-refractivity contribution in [3.8, 4) is 11.3 Å². The van der Waals surface area contributed by atoms with E-state index in [1.807, 2.05) is 49.4 Å². The standard InChI is InChI=1S/C21H20ClN3O2/c1-15(16-5-3-2-4-6-16)23-20(26)13-14-25-21(27)12-11-19(24-25)17-7-9-18(22)10-8-17/h2-12,15H,13-14H2,1H3,(H,23,26)/t15-/m0/s1. The Morgan fingerprint density at radius 3 is 2.48 bits per heavy atom. The van der Waals surface area contributed by atoms with Crippen molar-refractivity contribution in [1.82, 2.24) is 15.1 Å². The second-order valence-corrected chi connectivity index (χ2v) is 6.67. The molecule has 0 aliphatic heterocycles. The number of benzene rings is 2. The molecule has 0 bridgehead atoms. The van der Waals surface area contributed by atoms with E-state index in [-0.39, 0.29) is 30.5 Å². The fourth-order valence-corrected chi connectivity index (χ4v) is 2.86. The molecule has 0 unspecified atom stereocenters. The predicted molar refractivity (Wildman–Crippen MR) is 107 cm³/mol. The molecule has 3 aromatic rings. The van der Waals surface area contributed by atoms with Gasteiger partial charge in [-0.3, -0.25) is 9.59 Å². The van der Waals surface area contributed by atoms with Crippen molar-refractivity contribution >= 4 is 17.5 Å². The van der Waals surface area contributed by atoms with Gasteiger partial charge in [0.15, 0.2) is 0 Å². The summed E-state index contributed by atoms with van der Waals surface area (Å²) in [4.78, 5) is 24.3. The minimum atomic E-state index is -0.239. The van der Waals surface area contributed by atoms with Gasteiger partial charge in [-0.25, -0.2) is 4.68 Å². The summed E-state index contributed by atoms with van der Waals surface area (Å²) in [6.45, 7) is 2.15. The van der Waals surface area contributed by atoms with Crippen molar-refractivity contribution in [2.24, 2.45) is 0 Å².